The Morgan fingerprint density at radius 1 is 0.491 bits per heavy atom. The average Bonchev–Trinajstić information content (AvgIpc) is 3.15. The van der Waals surface area contributed by atoms with Gasteiger partial charge in [-0.25, -0.2) is 0 Å². The number of ether oxygens (including phenoxy) is 4. The molecule has 0 spiro atoms. The fourth-order valence-electron chi connectivity index (χ4n) is 8.16. The van der Waals surface area contributed by atoms with Gasteiger partial charge in [0, 0.05) is 24.2 Å². The molecule has 276 valence electrons. The van der Waals surface area contributed by atoms with Crippen molar-refractivity contribution in [2.75, 3.05) is 28.4 Å². The Bertz CT molecular complexity index is 1920. The number of carbonyl (C=O) groups excluding carboxylic acids is 1. The largest absolute Gasteiger partial charge is 0.496 e. The molecular weight excluding hydrogens is 675 g/mol. The first-order valence-electron chi connectivity index (χ1n) is 18.4. The van der Waals surface area contributed by atoms with Gasteiger partial charge >= 0.3 is 0 Å². The zero-order valence-corrected chi connectivity index (χ0v) is 33.8. The first-order chi connectivity index (χ1) is 25.3. The molecule has 5 aromatic carbocycles. The summed E-state index contributed by atoms with van der Waals surface area (Å²) in [5, 5.41) is 1.17. The van der Waals surface area contributed by atoms with E-state index in [0.717, 1.165) is 45.3 Å². The van der Waals surface area contributed by atoms with Gasteiger partial charge in [-0.2, -0.15) is 0 Å². The van der Waals surface area contributed by atoms with Crippen molar-refractivity contribution in [3.05, 3.63) is 125 Å². The maximum absolute atomic E-state index is 14.4. The minimum absolute atomic E-state index is 0.0824. The van der Waals surface area contributed by atoms with Crippen LogP contribution in [0, 0.1) is 0 Å². The van der Waals surface area contributed by atoms with Crippen molar-refractivity contribution in [3.8, 4) is 45.3 Å². The Morgan fingerprint density at radius 3 is 1.17 bits per heavy atom. The summed E-state index contributed by atoms with van der Waals surface area (Å²) in [4.78, 5) is 14.4. The number of ketones is 1. The van der Waals surface area contributed by atoms with Gasteiger partial charge in [-0.1, -0.05) is 128 Å². The van der Waals surface area contributed by atoms with E-state index >= 15 is 0 Å². The molecule has 0 N–H and O–H groups in total. The van der Waals surface area contributed by atoms with Crippen molar-refractivity contribution in [1.29, 1.82) is 0 Å². The smallest absolute Gasteiger partial charge is 0.134 e. The summed E-state index contributed by atoms with van der Waals surface area (Å²) in [5.41, 5.74) is 8.34. The van der Waals surface area contributed by atoms with Gasteiger partial charge in [0.15, 0.2) is 0 Å². The van der Waals surface area contributed by atoms with Crippen molar-refractivity contribution in [3.63, 3.8) is 0 Å². The molecule has 1 aliphatic heterocycles. The van der Waals surface area contributed by atoms with Crippen LogP contribution < -0.4 is 24.3 Å². The van der Waals surface area contributed by atoms with Crippen LogP contribution in [0.1, 0.15) is 88.0 Å². The lowest BCUT2D eigenvalue weighted by atomic mass is 9.81. The highest BCUT2D eigenvalue weighted by atomic mass is 31.1. The van der Waals surface area contributed by atoms with Crippen LogP contribution in [0.15, 0.2) is 103 Å². The third kappa shape index (κ3) is 7.34. The molecule has 0 radical (unpaired) electrons. The molecule has 1 saturated heterocycles. The minimum Gasteiger partial charge on any atom is -0.496 e. The Kier molecular flexibility index (Phi) is 11.1. The van der Waals surface area contributed by atoms with Crippen LogP contribution in [0.2, 0.25) is 0 Å². The predicted molar refractivity (Wildman–Crippen MR) is 220 cm³/mol. The van der Waals surface area contributed by atoms with E-state index in [9.17, 15) is 4.79 Å². The molecule has 1 heterocycles. The zero-order chi connectivity index (χ0) is 38.1. The number of Topliss-reactive ketones (excluding diaryl/α,β-unsaturated/α-hetero) is 1. The van der Waals surface area contributed by atoms with Crippen molar-refractivity contribution in [2.24, 2.45) is 0 Å². The average molecular weight is 729 g/mol. The highest BCUT2D eigenvalue weighted by molar-refractivity contribution is 7.67. The molecule has 53 heavy (non-hydrogen) atoms. The number of benzene rings is 5. The lowest BCUT2D eigenvalue weighted by Crippen LogP contribution is -2.29. The van der Waals surface area contributed by atoms with Crippen molar-refractivity contribution in [1.82, 2.24) is 0 Å². The van der Waals surface area contributed by atoms with Gasteiger partial charge in [-0.15, -0.1) is 0 Å². The van der Waals surface area contributed by atoms with E-state index in [0.29, 0.717) is 12.8 Å². The number of carbonyl (C=O) groups is 1. The first-order valence-corrected chi connectivity index (χ1v) is 19.9. The molecule has 1 fully saturated rings. The van der Waals surface area contributed by atoms with E-state index in [1.807, 2.05) is 36.4 Å². The lowest BCUT2D eigenvalue weighted by Gasteiger charge is -2.44. The topological polar surface area (TPSA) is 54.0 Å². The van der Waals surface area contributed by atoms with Crippen LogP contribution in [-0.4, -0.2) is 34.2 Å². The van der Waals surface area contributed by atoms with Crippen molar-refractivity contribution >= 4 is 19.0 Å². The van der Waals surface area contributed by atoms with Crippen molar-refractivity contribution < 1.29 is 23.7 Å². The summed E-state index contributed by atoms with van der Waals surface area (Å²) in [6.45, 7) is 13.6. The Labute approximate surface area is 317 Å². The second kappa shape index (κ2) is 15.4. The minimum atomic E-state index is -1.20. The van der Waals surface area contributed by atoms with Crippen LogP contribution in [0.25, 0.3) is 22.3 Å². The third-order valence-electron chi connectivity index (χ3n) is 10.5. The van der Waals surface area contributed by atoms with Gasteiger partial charge in [-0.3, -0.25) is 4.79 Å². The first kappa shape index (κ1) is 38.1. The molecule has 5 aromatic rings. The zero-order valence-electron chi connectivity index (χ0n) is 32.9. The molecule has 5 nitrogen and oxygen atoms in total. The van der Waals surface area contributed by atoms with Gasteiger partial charge in [0.25, 0.3) is 0 Å². The van der Waals surface area contributed by atoms with Crippen molar-refractivity contribution in [2.45, 2.75) is 76.5 Å². The second-order valence-electron chi connectivity index (χ2n) is 15.8. The van der Waals surface area contributed by atoms with Crippen LogP contribution in [0.5, 0.6) is 23.0 Å². The molecule has 6 heteroatoms. The van der Waals surface area contributed by atoms with Gasteiger partial charge in [0.2, 0.25) is 0 Å². The summed E-state index contributed by atoms with van der Waals surface area (Å²) >= 11 is 0. The summed E-state index contributed by atoms with van der Waals surface area (Å²) in [6, 6.07) is 35.9. The quantitative estimate of drug-likeness (QED) is 0.141. The normalized spacial score (nSPS) is 17.7. The molecule has 2 atom stereocenters. The van der Waals surface area contributed by atoms with Crippen LogP contribution in [-0.2, 0) is 15.6 Å². The van der Waals surface area contributed by atoms with Gasteiger partial charge in [0.05, 0.1) is 39.6 Å². The molecule has 0 saturated carbocycles. The van der Waals surface area contributed by atoms with E-state index in [-0.39, 0.29) is 27.9 Å². The van der Waals surface area contributed by atoms with Crippen LogP contribution >= 0.6 is 7.92 Å². The molecule has 0 aliphatic carbocycles. The Hall–Kier alpha value is -4.60. The predicted octanol–water partition coefficient (Wildman–Crippen LogP) is 11.6. The molecular formula is C47H53O5P. The standard InChI is InChI=1S/C47H53O5P/c1-46(2,3)35-22-13-11-18-31(35)41-28-30(48)29-42(32-19-12-14-23-36(32)47(4,5)6)53(41)45-33(43-37(49-7)24-16-25-38(43)50-8)20-15-21-34(45)44-39(51-9)26-17-27-40(44)52-10/h11-27,41-42H,28-29H2,1-10H3. The summed E-state index contributed by atoms with van der Waals surface area (Å²) < 4.78 is 24.4. The Morgan fingerprint density at radius 2 is 0.830 bits per heavy atom. The molecule has 1 aliphatic rings. The molecule has 0 aromatic heterocycles. The fraction of sp³-hybridized carbons (Fsp3) is 0.340. The van der Waals surface area contributed by atoms with E-state index in [2.05, 4.69) is 108 Å². The van der Waals surface area contributed by atoms with Gasteiger partial charge in [-0.05, 0) is 73.8 Å². The number of methoxy groups -OCH3 is 4. The number of hydrogen-bond donors (Lipinski definition) is 0. The lowest BCUT2D eigenvalue weighted by molar-refractivity contribution is -0.119. The van der Waals surface area contributed by atoms with E-state index in [1.165, 1.54) is 27.6 Å². The molecule has 0 amide bonds. The summed E-state index contributed by atoms with van der Waals surface area (Å²) in [6.07, 6.45) is 0.903. The monoisotopic (exact) mass is 728 g/mol. The molecule has 0 bridgehead atoms. The highest BCUT2D eigenvalue weighted by Crippen LogP contribution is 2.70. The second-order valence-corrected chi connectivity index (χ2v) is 18.3. The maximum Gasteiger partial charge on any atom is 0.134 e. The highest BCUT2D eigenvalue weighted by Gasteiger charge is 2.45. The van der Waals surface area contributed by atoms with Crippen LogP contribution in [0.3, 0.4) is 0 Å². The summed E-state index contributed by atoms with van der Waals surface area (Å²) in [5.74, 6) is 3.16. The van der Waals surface area contributed by atoms with E-state index < -0.39 is 7.92 Å². The maximum atomic E-state index is 14.4. The SMILES string of the molecule is COc1cccc(OC)c1-c1cccc(-c2c(OC)cccc2OC)c1P1C(c2ccccc2C(C)(C)C)CC(=O)CC1c1ccccc1C(C)(C)C. The fourth-order valence-corrected chi connectivity index (χ4v) is 12.0. The molecule has 6 rings (SSSR count). The number of hydrogen-bond acceptors (Lipinski definition) is 5. The Balaban J connectivity index is 1.84. The van der Waals surface area contributed by atoms with Gasteiger partial charge < -0.3 is 18.9 Å². The van der Waals surface area contributed by atoms with E-state index in [1.54, 1.807) is 28.4 Å². The van der Waals surface area contributed by atoms with Gasteiger partial charge in [0.1, 0.15) is 28.8 Å². The summed E-state index contributed by atoms with van der Waals surface area (Å²) in [7, 11) is 5.63. The van der Waals surface area contributed by atoms with E-state index in [4.69, 9.17) is 18.9 Å². The third-order valence-corrected chi connectivity index (χ3v) is 13.7. The molecule has 2 unspecified atom stereocenters. The number of rotatable bonds is 9. The van der Waals surface area contributed by atoms with Crippen LogP contribution in [0.4, 0.5) is 0 Å².